The zero-order valence-electron chi connectivity index (χ0n) is 13.6. The molecule has 7 heteroatoms. The minimum atomic E-state index is -0.526. The number of carbonyl (C=O) groups excluding carboxylic acids is 1. The normalized spacial score (nSPS) is 11.0. The summed E-state index contributed by atoms with van der Waals surface area (Å²) < 4.78 is 4.96. The van der Waals surface area contributed by atoms with Crippen molar-refractivity contribution in [1.82, 2.24) is 5.43 Å². The van der Waals surface area contributed by atoms with Crippen molar-refractivity contribution in [2.24, 2.45) is 5.10 Å². The fourth-order valence-corrected chi connectivity index (χ4v) is 2.14. The molecule has 2 rings (SSSR count). The number of ether oxygens (including phenoxy) is 1. The standard InChI is InChI=1S/C17H17N3O4/c1-11-6-4-5-7-14(11)17(21)19-18-12(2)13-8-9-16(24-3)15(10-13)20(22)23/h4-10H,1-3H3,(H,19,21)/b18-12-. The Hall–Kier alpha value is -3.22. The van der Waals surface area contributed by atoms with E-state index in [9.17, 15) is 14.9 Å². The molecule has 0 bridgehead atoms. The van der Waals surface area contributed by atoms with Crippen molar-refractivity contribution < 1.29 is 14.5 Å². The van der Waals surface area contributed by atoms with Gasteiger partial charge in [0.2, 0.25) is 0 Å². The van der Waals surface area contributed by atoms with Crippen LogP contribution in [0.4, 0.5) is 5.69 Å². The Morgan fingerprint density at radius 3 is 2.58 bits per heavy atom. The van der Waals surface area contributed by atoms with Crippen molar-refractivity contribution in [2.75, 3.05) is 7.11 Å². The first-order valence-electron chi connectivity index (χ1n) is 7.17. The van der Waals surface area contributed by atoms with E-state index < -0.39 is 4.92 Å². The summed E-state index contributed by atoms with van der Waals surface area (Å²) in [6, 6.07) is 11.6. The van der Waals surface area contributed by atoms with E-state index in [0.29, 0.717) is 16.8 Å². The zero-order chi connectivity index (χ0) is 17.7. The van der Waals surface area contributed by atoms with Gasteiger partial charge in [-0.1, -0.05) is 18.2 Å². The monoisotopic (exact) mass is 327 g/mol. The van der Waals surface area contributed by atoms with Crippen LogP contribution in [-0.4, -0.2) is 23.7 Å². The molecule has 0 atom stereocenters. The summed E-state index contributed by atoms with van der Waals surface area (Å²) in [6.45, 7) is 3.49. The second kappa shape index (κ2) is 7.36. The van der Waals surface area contributed by atoms with E-state index >= 15 is 0 Å². The molecule has 0 saturated carbocycles. The first kappa shape index (κ1) is 17.1. The Morgan fingerprint density at radius 1 is 1.25 bits per heavy atom. The van der Waals surface area contributed by atoms with Crippen molar-refractivity contribution in [3.05, 3.63) is 69.3 Å². The van der Waals surface area contributed by atoms with Gasteiger partial charge in [-0.15, -0.1) is 0 Å². The molecule has 0 radical (unpaired) electrons. The molecule has 0 aliphatic heterocycles. The van der Waals surface area contributed by atoms with E-state index in [1.165, 1.54) is 19.2 Å². The van der Waals surface area contributed by atoms with Crippen LogP contribution in [0.25, 0.3) is 0 Å². The Morgan fingerprint density at radius 2 is 1.96 bits per heavy atom. The molecule has 2 aromatic carbocycles. The highest BCUT2D eigenvalue weighted by Crippen LogP contribution is 2.27. The minimum absolute atomic E-state index is 0.158. The van der Waals surface area contributed by atoms with Crippen LogP contribution in [0.15, 0.2) is 47.6 Å². The number of aryl methyl sites for hydroxylation is 1. The number of rotatable bonds is 5. The second-order valence-corrected chi connectivity index (χ2v) is 5.10. The molecule has 1 amide bonds. The summed E-state index contributed by atoms with van der Waals surface area (Å²) in [4.78, 5) is 22.7. The zero-order valence-corrected chi connectivity index (χ0v) is 13.6. The number of benzene rings is 2. The molecule has 0 fully saturated rings. The summed E-state index contributed by atoms with van der Waals surface area (Å²) in [5.74, 6) is -0.170. The fourth-order valence-electron chi connectivity index (χ4n) is 2.14. The Kier molecular flexibility index (Phi) is 5.26. The molecule has 0 saturated heterocycles. The SMILES string of the molecule is COc1ccc(/C(C)=N\NC(=O)c2ccccc2C)cc1[N+](=O)[O-]. The van der Waals surface area contributed by atoms with Crippen molar-refractivity contribution in [1.29, 1.82) is 0 Å². The van der Waals surface area contributed by atoms with E-state index in [-0.39, 0.29) is 17.3 Å². The number of hydrogen-bond donors (Lipinski definition) is 1. The molecule has 0 heterocycles. The van der Waals surface area contributed by atoms with Crippen molar-refractivity contribution >= 4 is 17.3 Å². The molecular formula is C17H17N3O4. The van der Waals surface area contributed by atoms with Gasteiger partial charge >= 0.3 is 5.69 Å². The highest BCUT2D eigenvalue weighted by molar-refractivity contribution is 6.01. The van der Waals surface area contributed by atoms with Gasteiger partial charge in [-0.05, 0) is 37.6 Å². The van der Waals surface area contributed by atoms with Gasteiger partial charge in [0.05, 0.1) is 17.7 Å². The highest BCUT2D eigenvalue weighted by atomic mass is 16.6. The molecule has 124 valence electrons. The van der Waals surface area contributed by atoms with E-state index in [1.54, 1.807) is 25.1 Å². The lowest BCUT2D eigenvalue weighted by atomic mass is 10.1. The van der Waals surface area contributed by atoms with E-state index in [1.807, 2.05) is 19.1 Å². The quantitative estimate of drug-likeness (QED) is 0.519. The number of hydrogen-bond acceptors (Lipinski definition) is 5. The van der Waals surface area contributed by atoms with Crippen molar-refractivity contribution in [3.63, 3.8) is 0 Å². The summed E-state index contributed by atoms with van der Waals surface area (Å²) >= 11 is 0. The van der Waals surface area contributed by atoms with Crippen LogP contribution in [0.3, 0.4) is 0 Å². The van der Waals surface area contributed by atoms with Crippen LogP contribution in [-0.2, 0) is 0 Å². The summed E-state index contributed by atoms with van der Waals surface area (Å²) in [6.07, 6.45) is 0. The Balaban J connectivity index is 2.22. The summed E-state index contributed by atoms with van der Waals surface area (Å²) in [7, 11) is 1.37. The number of nitro benzene ring substituents is 1. The maximum absolute atomic E-state index is 12.1. The average molecular weight is 327 g/mol. The smallest absolute Gasteiger partial charge is 0.311 e. The van der Waals surface area contributed by atoms with E-state index in [4.69, 9.17) is 4.74 Å². The average Bonchev–Trinajstić information content (AvgIpc) is 2.59. The predicted molar refractivity (Wildman–Crippen MR) is 90.5 cm³/mol. The Bertz CT molecular complexity index is 815. The molecule has 2 aromatic rings. The molecule has 24 heavy (non-hydrogen) atoms. The van der Waals surface area contributed by atoms with Gasteiger partial charge in [-0.25, -0.2) is 5.43 Å². The topological polar surface area (TPSA) is 93.8 Å². The van der Waals surface area contributed by atoms with Crippen LogP contribution in [0, 0.1) is 17.0 Å². The van der Waals surface area contributed by atoms with Crippen LogP contribution < -0.4 is 10.2 Å². The Labute approximate surface area is 139 Å². The lowest BCUT2D eigenvalue weighted by Crippen LogP contribution is -2.20. The number of nitro groups is 1. The lowest BCUT2D eigenvalue weighted by Gasteiger charge is -2.06. The molecular weight excluding hydrogens is 310 g/mol. The first-order valence-corrected chi connectivity index (χ1v) is 7.17. The van der Waals surface area contributed by atoms with Gasteiger partial charge in [0.15, 0.2) is 5.75 Å². The van der Waals surface area contributed by atoms with Crippen LogP contribution in [0.2, 0.25) is 0 Å². The van der Waals surface area contributed by atoms with Gasteiger partial charge in [0, 0.05) is 17.2 Å². The fraction of sp³-hybridized carbons (Fsp3) is 0.176. The molecule has 0 aliphatic rings. The van der Waals surface area contributed by atoms with Gasteiger partial charge in [-0.2, -0.15) is 5.10 Å². The third-order valence-corrected chi connectivity index (χ3v) is 3.51. The number of carbonyl (C=O) groups is 1. The number of nitrogens with zero attached hydrogens (tertiary/aromatic N) is 2. The third kappa shape index (κ3) is 3.75. The molecule has 7 nitrogen and oxygen atoms in total. The summed E-state index contributed by atoms with van der Waals surface area (Å²) in [5, 5.41) is 15.1. The minimum Gasteiger partial charge on any atom is -0.490 e. The maximum Gasteiger partial charge on any atom is 0.311 e. The largest absolute Gasteiger partial charge is 0.490 e. The third-order valence-electron chi connectivity index (χ3n) is 3.51. The highest BCUT2D eigenvalue weighted by Gasteiger charge is 2.16. The molecule has 0 aliphatic carbocycles. The second-order valence-electron chi connectivity index (χ2n) is 5.10. The molecule has 1 N–H and O–H groups in total. The van der Waals surface area contributed by atoms with Gasteiger partial charge < -0.3 is 4.74 Å². The van der Waals surface area contributed by atoms with Crippen molar-refractivity contribution in [2.45, 2.75) is 13.8 Å². The van der Waals surface area contributed by atoms with Crippen LogP contribution in [0.1, 0.15) is 28.4 Å². The van der Waals surface area contributed by atoms with E-state index in [0.717, 1.165) is 5.56 Å². The number of hydrazone groups is 1. The van der Waals surface area contributed by atoms with Gasteiger partial charge in [-0.3, -0.25) is 14.9 Å². The number of methoxy groups -OCH3 is 1. The van der Waals surface area contributed by atoms with Crippen molar-refractivity contribution in [3.8, 4) is 5.75 Å². The van der Waals surface area contributed by atoms with Gasteiger partial charge in [0.25, 0.3) is 5.91 Å². The number of nitrogens with one attached hydrogen (secondary N) is 1. The van der Waals surface area contributed by atoms with Crippen LogP contribution >= 0.6 is 0 Å². The first-order chi connectivity index (χ1) is 11.4. The molecule has 0 aromatic heterocycles. The summed E-state index contributed by atoms with van der Waals surface area (Å²) in [5.41, 5.74) is 4.63. The van der Waals surface area contributed by atoms with Crippen LogP contribution in [0.5, 0.6) is 5.75 Å². The molecule has 0 unspecified atom stereocenters. The lowest BCUT2D eigenvalue weighted by molar-refractivity contribution is -0.385. The number of amides is 1. The molecule has 0 spiro atoms. The van der Waals surface area contributed by atoms with Gasteiger partial charge in [0.1, 0.15) is 0 Å². The predicted octanol–water partition coefficient (Wildman–Crippen LogP) is 3.07. The maximum atomic E-state index is 12.1. The van der Waals surface area contributed by atoms with E-state index in [2.05, 4.69) is 10.5 Å².